The monoisotopic (exact) mass is 170 g/mol. The maximum Gasteiger partial charge on any atom is 1.00 e. The van der Waals surface area contributed by atoms with Gasteiger partial charge in [0.25, 0.3) is 0 Å². The predicted octanol–water partition coefficient (Wildman–Crippen LogP) is -2.01. The molecule has 0 spiro atoms. The minimum absolute atomic E-state index is 0. The number of aliphatic hydroxyl groups is 1. The molecule has 3 heteroatoms. The van der Waals surface area contributed by atoms with Crippen LogP contribution >= 0.6 is 0 Å². The van der Waals surface area contributed by atoms with Crippen LogP contribution in [-0.4, -0.2) is 43.9 Å². The Hall–Kier alpha value is 0.660. The van der Waals surface area contributed by atoms with Crippen molar-refractivity contribution >= 4 is 0 Å². The first-order valence-corrected chi connectivity index (χ1v) is 3.46. The van der Waals surface area contributed by atoms with E-state index in [0.29, 0.717) is 0 Å². The van der Waals surface area contributed by atoms with Gasteiger partial charge in [-0.2, -0.15) is 0 Å². The van der Waals surface area contributed by atoms with Gasteiger partial charge in [-0.3, -0.25) is 0 Å². The van der Waals surface area contributed by atoms with Gasteiger partial charge in [0.05, 0.1) is 27.7 Å². The molecule has 0 aromatic rings. The van der Waals surface area contributed by atoms with Crippen LogP contribution in [0.3, 0.4) is 0 Å². The topological polar surface area (TPSA) is 20.2 Å². The van der Waals surface area contributed by atoms with Crippen molar-refractivity contribution < 1.29 is 40.6 Å². The molecule has 0 aliphatic carbocycles. The van der Waals surface area contributed by atoms with E-state index in [1.165, 1.54) is 0 Å². The van der Waals surface area contributed by atoms with E-state index < -0.39 is 0 Å². The Morgan fingerprint density at radius 1 is 1.45 bits per heavy atom. The number of likely N-dealkylation sites (N-methyl/N-ethyl adjacent to an activating group) is 1. The Kier molecular flexibility index (Phi) is 17.1. The fourth-order valence-corrected chi connectivity index (χ4v) is 0.300. The fourth-order valence-electron chi connectivity index (χ4n) is 0.300. The first kappa shape index (κ1) is 17.7. The molecule has 0 aromatic heterocycles. The van der Waals surface area contributed by atoms with Crippen molar-refractivity contribution in [2.75, 3.05) is 34.3 Å². The normalized spacial score (nSPS) is 8.82. The Morgan fingerprint density at radius 2 is 1.73 bits per heavy atom. The summed E-state index contributed by atoms with van der Waals surface area (Å²) in [6, 6.07) is 0. The first-order chi connectivity index (χ1) is 4.47. The molecule has 0 atom stereocenters. The summed E-state index contributed by atoms with van der Waals surface area (Å²) >= 11 is 0. The number of nitrogens with zero attached hydrogens (tertiary/aromatic N) is 1. The van der Waals surface area contributed by atoms with Gasteiger partial charge in [-0.25, -0.2) is 0 Å². The van der Waals surface area contributed by atoms with Crippen LogP contribution in [0.15, 0.2) is 12.7 Å². The smallest absolute Gasteiger partial charge is 1.00 e. The molecule has 0 aliphatic heterocycles. The molecular weight excluding hydrogens is 149 g/mol. The molecule has 0 radical (unpaired) electrons. The summed E-state index contributed by atoms with van der Waals surface area (Å²) in [5.41, 5.74) is 0. The average Bonchev–Trinajstić information content (AvgIpc) is 1.63. The van der Waals surface area contributed by atoms with Crippen LogP contribution in [-0.2, 0) is 0 Å². The van der Waals surface area contributed by atoms with E-state index in [1.54, 1.807) is 6.08 Å². The Balaban J connectivity index is -0.0000000569. The molecule has 0 fully saturated rings. The van der Waals surface area contributed by atoms with Crippen LogP contribution in [0.2, 0.25) is 0 Å². The third-order valence-corrected chi connectivity index (χ3v) is 0.771. The largest absolute Gasteiger partial charge is 1.00 e. The second kappa shape index (κ2) is 10.7. The summed E-state index contributed by atoms with van der Waals surface area (Å²) < 4.78 is 0.844. The van der Waals surface area contributed by atoms with Crippen LogP contribution in [0.4, 0.5) is 0 Å². The van der Waals surface area contributed by atoms with Gasteiger partial charge in [-0.1, -0.05) is 6.08 Å². The molecule has 0 unspecified atom stereocenters. The Bertz CT molecular complexity index is 83.6. The molecule has 1 N–H and O–H groups in total. The van der Waals surface area contributed by atoms with E-state index >= 15 is 0 Å². The van der Waals surface area contributed by atoms with E-state index in [-0.39, 0.29) is 37.6 Å². The summed E-state index contributed by atoms with van der Waals surface area (Å²) in [7, 11) is 6.16. The van der Waals surface area contributed by atoms with Crippen LogP contribution in [0.5, 0.6) is 0 Å². The third kappa shape index (κ3) is 36.8. The van der Waals surface area contributed by atoms with E-state index in [0.717, 1.165) is 11.0 Å². The molecule has 0 amide bonds. The van der Waals surface area contributed by atoms with Crippen molar-refractivity contribution in [1.29, 1.82) is 0 Å². The minimum atomic E-state index is 0. The molecule has 64 valence electrons. The van der Waals surface area contributed by atoms with E-state index in [4.69, 9.17) is 5.11 Å². The van der Waals surface area contributed by atoms with Gasteiger partial charge in [-0.05, 0) is 6.92 Å². The fraction of sp³-hybridized carbons (Fsp3) is 0.750. The van der Waals surface area contributed by atoms with Gasteiger partial charge in [0, 0.05) is 0 Å². The molecule has 2 nitrogen and oxygen atoms in total. The molecule has 0 saturated heterocycles. The van der Waals surface area contributed by atoms with Gasteiger partial charge >= 0.3 is 29.6 Å². The van der Waals surface area contributed by atoms with Crippen molar-refractivity contribution in [1.82, 2.24) is 0 Å². The average molecular weight is 170 g/mol. The number of rotatable bonds is 2. The Labute approximate surface area is 94.3 Å². The standard InChI is InChI=1S/C5H14NO.C3H6.Na.H/c1-6(2,3)4-5-7;1-3-2;;/h7H,4-5H2,1-3H3;3H,1H2,2H3;;/q+1;;+1;-1. The molecule has 0 bridgehead atoms. The maximum atomic E-state index is 8.39. The zero-order valence-corrected chi connectivity index (χ0v) is 10.6. The summed E-state index contributed by atoms with van der Waals surface area (Å²) in [6.45, 7) is 6.36. The van der Waals surface area contributed by atoms with Gasteiger partial charge < -0.3 is 11.0 Å². The summed E-state index contributed by atoms with van der Waals surface area (Å²) in [6.07, 6.45) is 1.75. The van der Waals surface area contributed by atoms with Crippen molar-refractivity contribution in [3.8, 4) is 0 Å². The maximum absolute atomic E-state index is 8.39. The predicted molar refractivity (Wildman–Crippen MR) is 47.0 cm³/mol. The van der Waals surface area contributed by atoms with E-state index in [1.807, 2.05) is 6.92 Å². The second-order valence-electron chi connectivity index (χ2n) is 3.15. The SMILES string of the molecule is C=CC.C[N+](C)(C)CCO.[H-].[Na+]. The number of hydrogen-bond acceptors (Lipinski definition) is 1. The van der Waals surface area contributed by atoms with Crippen LogP contribution in [0.25, 0.3) is 0 Å². The molecule has 0 rings (SSSR count). The number of aliphatic hydroxyl groups excluding tert-OH is 1. The van der Waals surface area contributed by atoms with Gasteiger partial charge in [0.2, 0.25) is 0 Å². The quantitative estimate of drug-likeness (QED) is 0.288. The summed E-state index contributed by atoms with van der Waals surface area (Å²) in [4.78, 5) is 0. The van der Waals surface area contributed by atoms with Crippen LogP contribution in [0, 0.1) is 0 Å². The minimum Gasteiger partial charge on any atom is -1.00 e. The molecule has 0 heterocycles. The zero-order chi connectivity index (χ0) is 8.62. The van der Waals surface area contributed by atoms with Gasteiger partial charge in [0.1, 0.15) is 6.54 Å². The summed E-state index contributed by atoms with van der Waals surface area (Å²) in [5, 5.41) is 8.39. The molecular formula is C8H21NNaO+. The third-order valence-electron chi connectivity index (χ3n) is 0.771. The zero-order valence-electron chi connectivity index (χ0n) is 9.59. The molecule has 0 saturated carbocycles. The van der Waals surface area contributed by atoms with Crippen molar-refractivity contribution in [2.45, 2.75) is 6.92 Å². The summed E-state index contributed by atoms with van der Waals surface area (Å²) in [5.74, 6) is 0. The van der Waals surface area contributed by atoms with Crippen molar-refractivity contribution in [2.24, 2.45) is 0 Å². The molecule has 0 aromatic carbocycles. The van der Waals surface area contributed by atoms with Crippen LogP contribution in [0.1, 0.15) is 8.35 Å². The van der Waals surface area contributed by atoms with E-state index in [9.17, 15) is 0 Å². The van der Waals surface area contributed by atoms with Crippen LogP contribution < -0.4 is 29.6 Å². The van der Waals surface area contributed by atoms with Crippen molar-refractivity contribution in [3.05, 3.63) is 12.7 Å². The van der Waals surface area contributed by atoms with E-state index in [2.05, 4.69) is 27.7 Å². The molecule has 11 heavy (non-hydrogen) atoms. The number of allylic oxidation sites excluding steroid dienone is 1. The Morgan fingerprint density at radius 3 is 1.73 bits per heavy atom. The van der Waals surface area contributed by atoms with Crippen molar-refractivity contribution in [3.63, 3.8) is 0 Å². The first-order valence-electron chi connectivity index (χ1n) is 3.46. The van der Waals surface area contributed by atoms with Gasteiger partial charge in [-0.15, -0.1) is 6.58 Å². The molecule has 0 aliphatic rings. The second-order valence-corrected chi connectivity index (χ2v) is 3.15. The number of hydrogen-bond donors (Lipinski definition) is 1. The van der Waals surface area contributed by atoms with Gasteiger partial charge in [0.15, 0.2) is 0 Å². The number of quaternary nitrogens is 1.